The highest BCUT2D eigenvalue weighted by Crippen LogP contribution is 2.24. The molecule has 1 unspecified atom stereocenters. The second-order valence-corrected chi connectivity index (χ2v) is 8.00. The Morgan fingerprint density at radius 3 is 2.68 bits per heavy atom. The van der Waals surface area contributed by atoms with E-state index in [-0.39, 0.29) is 17.9 Å². The zero-order valence-corrected chi connectivity index (χ0v) is 16.3. The summed E-state index contributed by atoms with van der Waals surface area (Å²) in [6.45, 7) is 1.57. The van der Waals surface area contributed by atoms with Crippen molar-refractivity contribution in [3.63, 3.8) is 0 Å². The molecule has 28 heavy (non-hydrogen) atoms. The van der Waals surface area contributed by atoms with Crippen molar-refractivity contribution in [2.75, 3.05) is 29.6 Å². The van der Waals surface area contributed by atoms with Crippen molar-refractivity contribution in [3.8, 4) is 0 Å². The molecular formula is C20H23N5O2S. The zero-order chi connectivity index (χ0) is 19.3. The maximum absolute atomic E-state index is 12.9. The third-order valence-corrected chi connectivity index (χ3v) is 6.08. The highest BCUT2D eigenvalue weighted by Gasteiger charge is 2.36. The molecule has 146 valence electrons. The van der Waals surface area contributed by atoms with Gasteiger partial charge in [-0.05, 0) is 31.0 Å². The first-order chi connectivity index (χ1) is 13.7. The Kier molecular flexibility index (Phi) is 5.76. The fraction of sp³-hybridized carbons (Fsp3) is 0.400. The number of aromatic nitrogens is 2. The topological polar surface area (TPSA) is 78.4 Å². The van der Waals surface area contributed by atoms with Crippen LogP contribution in [0.2, 0.25) is 0 Å². The lowest BCUT2D eigenvalue weighted by Crippen LogP contribution is -2.54. The minimum atomic E-state index is -0.430. The highest BCUT2D eigenvalue weighted by molar-refractivity contribution is 7.99. The van der Waals surface area contributed by atoms with Gasteiger partial charge in [0.05, 0.1) is 5.88 Å². The number of hydrogen-bond acceptors (Lipinski definition) is 6. The molecule has 2 atom stereocenters. The number of nitrogens with zero attached hydrogens (tertiary/aromatic N) is 4. The molecule has 1 N–H and O–H groups in total. The third-order valence-electron chi connectivity index (χ3n) is 5.07. The van der Waals surface area contributed by atoms with E-state index in [0.29, 0.717) is 29.7 Å². The molecule has 7 nitrogen and oxygen atoms in total. The van der Waals surface area contributed by atoms with Gasteiger partial charge < -0.3 is 15.1 Å². The molecule has 2 fully saturated rings. The Bertz CT molecular complexity index is 820. The van der Waals surface area contributed by atoms with Gasteiger partial charge in [-0.25, -0.2) is 9.97 Å². The van der Waals surface area contributed by atoms with Crippen LogP contribution in [0.25, 0.3) is 0 Å². The van der Waals surface area contributed by atoms with Gasteiger partial charge in [-0.2, -0.15) is 0 Å². The first kappa shape index (κ1) is 18.7. The van der Waals surface area contributed by atoms with Crippen LogP contribution in [0.5, 0.6) is 0 Å². The van der Waals surface area contributed by atoms with E-state index >= 15 is 0 Å². The summed E-state index contributed by atoms with van der Waals surface area (Å²) >= 11 is 1.61. The van der Waals surface area contributed by atoms with Gasteiger partial charge in [0.1, 0.15) is 6.04 Å². The number of piperidine rings is 1. The number of carbonyl (C=O) groups is 2. The average molecular weight is 398 g/mol. The van der Waals surface area contributed by atoms with Crippen LogP contribution in [0, 0.1) is 0 Å². The molecule has 0 aliphatic carbocycles. The van der Waals surface area contributed by atoms with Gasteiger partial charge >= 0.3 is 0 Å². The molecule has 0 radical (unpaired) electrons. The van der Waals surface area contributed by atoms with Crippen molar-refractivity contribution in [1.29, 1.82) is 0 Å². The first-order valence-electron chi connectivity index (χ1n) is 9.48. The molecule has 2 saturated heterocycles. The van der Waals surface area contributed by atoms with E-state index in [0.717, 1.165) is 19.4 Å². The van der Waals surface area contributed by atoms with Crippen LogP contribution in [-0.2, 0) is 4.79 Å². The van der Waals surface area contributed by atoms with E-state index in [1.807, 2.05) is 18.2 Å². The number of nitrogens with one attached hydrogen (secondary N) is 1. The van der Waals surface area contributed by atoms with Crippen LogP contribution in [-0.4, -0.2) is 63.5 Å². The Balaban J connectivity index is 1.39. The van der Waals surface area contributed by atoms with Crippen molar-refractivity contribution < 1.29 is 9.59 Å². The number of benzene rings is 1. The predicted octanol–water partition coefficient (Wildman–Crippen LogP) is 1.78. The highest BCUT2D eigenvalue weighted by atomic mass is 32.2. The zero-order valence-electron chi connectivity index (χ0n) is 15.5. The normalized spacial score (nSPS) is 22.1. The molecule has 2 aliphatic rings. The number of anilines is 1. The van der Waals surface area contributed by atoms with Gasteiger partial charge in [-0.15, -0.1) is 11.8 Å². The second-order valence-electron chi connectivity index (χ2n) is 7.00. The van der Waals surface area contributed by atoms with E-state index in [1.54, 1.807) is 47.3 Å². The van der Waals surface area contributed by atoms with Crippen molar-refractivity contribution >= 4 is 29.5 Å². The van der Waals surface area contributed by atoms with Crippen molar-refractivity contribution in [1.82, 2.24) is 20.2 Å². The number of hydrogen-bond donors (Lipinski definition) is 1. The van der Waals surface area contributed by atoms with Crippen molar-refractivity contribution in [2.45, 2.75) is 24.9 Å². The first-order valence-corrected chi connectivity index (χ1v) is 10.6. The molecule has 2 aliphatic heterocycles. The van der Waals surface area contributed by atoms with E-state index in [2.05, 4.69) is 20.2 Å². The summed E-state index contributed by atoms with van der Waals surface area (Å²) in [6.07, 6.45) is 5.34. The van der Waals surface area contributed by atoms with Gasteiger partial charge in [0, 0.05) is 42.8 Å². The molecule has 1 aromatic carbocycles. The van der Waals surface area contributed by atoms with Gasteiger partial charge in [0.2, 0.25) is 11.9 Å². The van der Waals surface area contributed by atoms with E-state index < -0.39 is 6.04 Å². The minimum absolute atomic E-state index is 0.0318. The maximum atomic E-state index is 12.9. The summed E-state index contributed by atoms with van der Waals surface area (Å²) < 4.78 is 0. The maximum Gasteiger partial charge on any atom is 0.255 e. The number of carbonyl (C=O) groups excluding carboxylic acids is 2. The Hall–Kier alpha value is -2.61. The lowest BCUT2D eigenvalue weighted by molar-refractivity contribution is -0.125. The molecule has 0 bridgehead atoms. The van der Waals surface area contributed by atoms with Gasteiger partial charge in [-0.1, -0.05) is 18.2 Å². The quantitative estimate of drug-likeness (QED) is 0.847. The molecule has 0 saturated carbocycles. The van der Waals surface area contributed by atoms with E-state index in [9.17, 15) is 9.59 Å². The smallest absolute Gasteiger partial charge is 0.255 e. The lowest BCUT2D eigenvalue weighted by Gasteiger charge is -2.34. The van der Waals surface area contributed by atoms with Crippen LogP contribution in [0.15, 0.2) is 48.8 Å². The Labute approximate surface area is 168 Å². The molecule has 1 aromatic heterocycles. The monoisotopic (exact) mass is 397 g/mol. The van der Waals surface area contributed by atoms with Gasteiger partial charge in [0.15, 0.2) is 0 Å². The summed E-state index contributed by atoms with van der Waals surface area (Å²) in [5.74, 6) is 1.70. The van der Waals surface area contributed by atoms with Crippen LogP contribution in [0.3, 0.4) is 0 Å². The summed E-state index contributed by atoms with van der Waals surface area (Å²) in [7, 11) is 0. The third kappa shape index (κ3) is 4.11. The number of thioether (sulfide) groups is 1. The fourth-order valence-electron chi connectivity index (χ4n) is 3.64. The lowest BCUT2D eigenvalue weighted by atomic mass is 10.1. The Morgan fingerprint density at radius 2 is 1.89 bits per heavy atom. The standard InChI is InChI=1S/C20H23N5O2S/c26-18(17-13-28-14-25(17)19(27)15-6-2-1-3-7-15)23-16-8-4-11-24(12-16)20-21-9-5-10-22-20/h1-3,5-7,9-10,16-17H,4,8,11-14H2,(H,23,26)/t16?,17-/m0/s1. The minimum Gasteiger partial charge on any atom is -0.350 e. The predicted molar refractivity (Wildman–Crippen MR) is 109 cm³/mol. The van der Waals surface area contributed by atoms with Crippen molar-refractivity contribution in [3.05, 3.63) is 54.4 Å². The van der Waals surface area contributed by atoms with Crippen LogP contribution >= 0.6 is 11.8 Å². The summed E-state index contributed by atoms with van der Waals surface area (Å²) in [5.41, 5.74) is 0.618. The molecule has 8 heteroatoms. The molecule has 2 aromatic rings. The molecular weight excluding hydrogens is 374 g/mol. The summed E-state index contributed by atoms with van der Waals surface area (Å²) in [5, 5.41) is 3.15. The number of rotatable bonds is 4. The molecule has 2 amide bonds. The van der Waals surface area contributed by atoms with E-state index in [4.69, 9.17) is 0 Å². The van der Waals surface area contributed by atoms with Crippen LogP contribution in [0.1, 0.15) is 23.2 Å². The second kappa shape index (κ2) is 8.60. The van der Waals surface area contributed by atoms with Gasteiger partial charge in [-0.3, -0.25) is 9.59 Å². The molecule has 4 rings (SSSR count). The fourth-order valence-corrected chi connectivity index (χ4v) is 4.79. The van der Waals surface area contributed by atoms with Crippen LogP contribution < -0.4 is 10.2 Å². The van der Waals surface area contributed by atoms with Gasteiger partial charge in [0.25, 0.3) is 5.91 Å². The van der Waals surface area contributed by atoms with Crippen LogP contribution in [0.4, 0.5) is 5.95 Å². The average Bonchev–Trinajstić information content (AvgIpc) is 3.25. The summed E-state index contributed by atoms with van der Waals surface area (Å²) in [6, 6.07) is 10.5. The Morgan fingerprint density at radius 1 is 1.11 bits per heavy atom. The molecule has 3 heterocycles. The SMILES string of the molecule is O=C(NC1CCCN(c2ncccn2)C1)[C@@H]1CSCN1C(=O)c1ccccc1. The van der Waals surface area contributed by atoms with Crippen molar-refractivity contribution in [2.24, 2.45) is 0 Å². The molecule has 0 spiro atoms. The summed E-state index contributed by atoms with van der Waals surface area (Å²) in [4.78, 5) is 38.1. The largest absolute Gasteiger partial charge is 0.350 e. The number of amides is 2. The van der Waals surface area contributed by atoms with E-state index in [1.165, 1.54) is 0 Å².